The van der Waals surface area contributed by atoms with Crippen LogP contribution >= 0.6 is 0 Å². The summed E-state index contributed by atoms with van der Waals surface area (Å²) in [7, 11) is -3.57. The van der Waals surface area contributed by atoms with Crippen LogP contribution in [0.25, 0.3) is 0 Å². The Labute approximate surface area is 115 Å². The molecule has 0 aromatic heterocycles. The molecule has 0 aliphatic carbocycles. The van der Waals surface area contributed by atoms with Crippen molar-refractivity contribution in [1.29, 1.82) is 0 Å². The first-order valence-corrected chi connectivity index (χ1v) is 8.01. The Hall–Kier alpha value is -0.910. The summed E-state index contributed by atoms with van der Waals surface area (Å²) in [5, 5.41) is 10.1. The highest BCUT2D eigenvalue weighted by atomic mass is 32.2. The number of rotatable bonds is 6. The second-order valence-corrected chi connectivity index (χ2v) is 6.85. The Morgan fingerprint density at radius 3 is 2.00 bits per heavy atom. The van der Waals surface area contributed by atoms with E-state index in [1.165, 1.54) is 0 Å². The van der Waals surface area contributed by atoms with E-state index in [0.717, 1.165) is 11.1 Å². The largest absolute Gasteiger partial charge is 0.389 e. The van der Waals surface area contributed by atoms with Gasteiger partial charge in [-0.25, -0.2) is 13.1 Å². The van der Waals surface area contributed by atoms with Crippen molar-refractivity contribution in [2.75, 3.05) is 6.54 Å². The highest BCUT2D eigenvalue weighted by Crippen LogP contribution is 2.17. The van der Waals surface area contributed by atoms with Crippen molar-refractivity contribution >= 4 is 10.0 Å². The lowest BCUT2D eigenvalue weighted by atomic mass is 9.98. The maximum atomic E-state index is 12.2. The predicted molar refractivity (Wildman–Crippen MR) is 76.6 cm³/mol. The molecule has 0 fully saturated rings. The molecule has 0 amide bonds. The number of hydrogen-bond acceptors (Lipinski definition) is 3. The van der Waals surface area contributed by atoms with E-state index in [0.29, 0.717) is 12.8 Å². The fraction of sp³-hybridized carbons (Fsp3) is 0.571. The van der Waals surface area contributed by atoms with E-state index in [2.05, 4.69) is 4.72 Å². The zero-order chi connectivity index (χ0) is 14.7. The van der Waals surface area contributed by atoms with E-state index in [-0.39, 0.29) is 11.4 Å². The molecule has 108 valence electrons. The maximum absolute atomic E-state index is 12.2. The van der Waals surface area contributed by atoms with Crippen LogP contribution in [0.5, 0.6) is 0 Å². The lowest BCUT2D eigenvalue weighted by Gasteiger charge is -2.25. The fourth-order valence-corrected chi connectivity index (χ4v) is 3.21. The molecule has 0 aliphatic rings. The Morgan fingerprint density at radius 2 is 1.58 bits per heavy atom. The van der Waals surface area contributed by atoms with Crippen LogP contribution in [0.15, 0.2) is 23.1 Å². The Bertz CT molecular complexity index is 513. The molecule has 1 rings (SSSR count). The number of sulfonamides is 1. The molecule has 0 unspecified atom stereocenters. The van der Waals surface area contributed by atoms with E-state index < -0.39 is 15.6 Å². The molecule has 0 saturated carbocycles. The number of aliphatic hydroxyl groups is 1. The van der Waals surface area contributed by atoms with E-state index >= 15 is 0 Å². The lowest BCUT2D eigenvalue weighted by molar-refractivity contribution is 0.0377. The molecule has 2 N–H and O–H groups in total. The molecule has 5 heteroatoms. The first-order chi connectivity index (χ1) is 8.72. The standard InChI is InChI=1S/C14H23NO3S/c1-5-14(16,6-2)10-15-19(17,18)13-8-11(3)7-12(4)9-13/h7-9,15-16H,5-6,10H2,1-4H3. The van der Waals surface area contributed by atoms with Crippen LogP contribution < -0.4 is 4.72 Å². The van der Waals surface area contributed by atoms with E-state index in [1.807, 2.05) is 33.8 Å². The van der Waals surface area contributed by atoms with Gasteiger partial charge >= 0.3 is 0 Å². The SMILES string of the molecule is CCC(O)(CC)CNS(=O)(=O)c1cc(C)cc(C)c1. The van der Waals surface area contributed by atoms with Crippen molar-refractivity contribution in [3.63, 3.8) is 0 Å². The van der Waals surface area contributed by atoms with E-state index in [9.17, 15) is 13.5 Å². The summed E-state index contributed by atoms with van der Waals surface area (Å²) in [4.78, 5) is 0.250. The minimum absolute atomic E-state index is 0.0370. The van der Waals surface area contributed by atoms with Gasteiger partial charge in [0.1, 0.15) is 0 Å². The molecule has 0 heterocycles. The van der Waals surface area contributed by atoms with Crippen molar-refractivity contribution in [3.8, 4) is 0 Å². The minimum Gasteiger partial charge on any atom is -0.389 e. The van der Waals surface area contributed by atoms with Gasteiger partial charge in [-0.3, -0.25) is 0 Å². The third kappa shape index (κ3) is 4.30. The Morgan fingerprint density at radius 1 is 1.11 bits per heavy atom. The van der Waals surface area contributed by atoms with Crippen molar-refractivity contribution in [3.05, 3.63) is 29.3 Å². The monoisotopic (exact) mass is 285 g/mol. The summed E-state index contributed by atoms with van der Waals surface area (Å²) >= 11 is 0. The first-order valence-electron chi connectivity index (χ1n) is 6.53. The van der Waals surface area contributed by atoms with Gasteiger partial charge in [0.25, 0.3) is 0 Å². The number of hydrogen-bond donors (Lipinski definition) is 2. The topological polar surface area (TPSA) is 66.4 Å². The van der Waals surface area contributed by atoms with Gasteiger partial charge < -0.3 is 5.11 Å². The fourth-order valence-electron chi connectivity index (χ4n) is 1.90. The highest BCUT2D eigenvalue weighted by Gasteiger charge is 2.25. The van der Waals surface area contributed by atoms with Gasteiger partial charge in [0.2, 0.25) is 10.0 Å². The smallest absolute Gasteiger partial charge is 0.240 e. The van der Waals surface area contributed by atoms with Crippen molar-refractivity contribution in [1.82, 2.24) is 4.72 Å². The van der Waals surface area contributed by atoms with Crippen LogP contribution in [0.1, 0.15) is 37.8 Å². The second-order valence-electron chi connectivity index (χ2n) is 5.08. The molecule has 1 aromatic rings. The zero-order valence-corrected chi connectivity index (χ0v) is 12.8. The predicted octanol–water partition coefficient (Wildman–Crippen LogP) is 2.13. The second kappa shape index (κ2) is 6.03. The molecule has 19 heavy (non-hydrogen) atoms. The molecule has 4 nitrogen and oxygen atoms in total. The van der Waals surface area contributed by atoms with E-state index in [1.54, 1.807) is 12.1 Å². The number of benzene rings is 1. The number of nitrogens with one attached hydrogen (secondary N) is 1. The lowest BCUT2D eigenvalue weighted by Crippen LogP contribution is -2.42. The molecule has 0 atom stereocenters. The van der Waals surface area contributed by atoms with Gasteiger partial charge in [-0.05, 0) is 49.9 Å². The van der Waals surface area contributed by atoms with Crippen LogP contribution in [-0.2, 0) is 10.0 Å². The molecular formula is C14H23NO3S. The Balaban J connectivity index is 2.93. The molecule has 0 saturated heterocycles. The summed E-state index contributed by atoms with van der Waals surface area (Å²) in [5.74, 6) is 0. The molecule has 0 aliphatic heterocycles. The highest BCUT2D eigenvalue weighted by molar-refractivity contribution is 7.89. The molecule has 0 bridgehead atoms. The van der Waals surface area contributed by atoms with Crippen molar-refractivity contribution in [2.24, 2.45) is 0 Å². The summed E-state index contributed by atoms with van der Waals surface area (Å²) in [5.41, 5.74) is 0.828. The van der Waals surface area contributed by atoms with Gasteiger partial charge in [-0.2, -0.15) is 0 Å². The Kier molecular flexibility index (Phi) is 5.12. The quantitative estimate of drug-likeness (QED) is 0.841. The third-order valence-corrected chi connectivity index (χ3v) is 4.79. The zero-order valence-electron chi connectivity index (χ0n) is 12.0. The van der Waals surface area contributed by atoms with Crippen LogP contribution in [0.3, 0.4) is 0 Å². The van der Waals surface area contributed by atoms with Crippen LogP contribution in [0, 0.1) is 13.8 Å². The van der Waals surface area contributed by atoms with E-state index in [4.69, 9.17) is 0 Å². The van der Waals surface area contributed by atoms with Gasteiger partial charge in [0.05, 0.1) is 10.5 Å². The molecule has 0 spiro atoms. The third-order valence-electron chi connectivity index (χ3n) is 3.41. The van der Waals surface area contributed by atoms with Gasteiger partial charge in [0, 0.05) is 6.54 Å². The molecular weight excluding hydrogens is 262 g/mol. The normalized spacial score (nSPS) is 12.7. The minimum atomic E-state index is -3.57. The van der Waals surface area contributed by atoms with Crippen LogP contribution in [0.4, 0.5) is 0 Å². The summed E-state index contributed by atoms with van der Waals surface area (Å²) in [6.07, 6.45) is 1.03. The number of aryl methyl sites for hydroxylation is 2. The average molecular weight is 285 g/mol. The first kappa shape index (κ1) is 16.1. The summed E-state index contributed by atoms with van der Waals surface area (Å²) < 4.78 is 26.9. The molecule has 1 aromatic carbocycles. The maximum Gasteiger partial charge on any atom is 0.240 e. The van der Waals surface area contributed by atoms with Gasteiger partial charge in [-0.15, -0.1) is 0 Å². The average Bonchev–Trinajstić information content (AvgIpc) is 2.35. The van der Waals surface area contributed by atoms with Crippen LogP contribution in [0.2, 0.25) is 0 Å². The van der Waals surface area contributed by atoms with Gasteiger partial charge in [0.15, 0.2) is 0 Å². The van der Waals surface area contributed by atoms with Gasteiger partial charge in [-0.1, -0.05) is 19.9 Å². The van der Waals surface area contributed by atoms with Crippen molar-refractivity contribution < 1.29 is 13.5 Å². The van der Waals surface area contributed by atoms with Crippen LogP contribution in [-0.4, -0.2) is 25.7 Å². The summed E-state index contributed by atoms with van der Waals surface area (Å²) in [6, 6.07) is 5.19. The molecule has 0 radical (unpaired) electrons. The van der Waals surface area contributed by atoms with Crippen molar-refractivity contribution in [2.45, 2.75) is 51.0 Å². The summed E-state index contributed by atoms with van der Waals surface area (Å²) in [6.45, 7) is 7.44.